The minimum atomic E-state index is 0.190. The molecule has 1 aromatic carbocycles. The van der Waals surface area contributed by atoms with Crippen molar-refractivity contribution in [2.75, 3.05) is 36.8 Å². The van der Waals surface area contributed by atoms with Crippen molar-refractivity contribution in [1.29, 1.82) is 0 Å². The molecule has 0 atom stereocenters. The smallest absolute Gasteiger partial charge is 0.233 e. The third-order valence-corrected chi connectivity index (χ3v) is 6.50. The number of hydrogen-bond donors (Lipinski definition) is 0. The number of aryl methyl sites for hydroxylation is 1. The fourth-order valence-corrected chi connectivity index (χ4v) is 4.65. The number of carbonyl (C=O) groups excluding carboxylic acids is 1. The number of nitrogens with zero attached hydrogens (tertiary/aromatic N) is 5. The van der Waals surface area contributed by atoms with Crippen molar-refractivity contribution in [2.24, 2.45) is 0 Å². The van der Waals surface area contributed by atoms with E-state index in [0.717, 1.165) is 48.1 Å². The summed E-state index contributed by atoms with van der Waals surface area (Å²) in [4.78, 5) is 22.2. The zero-order valence-electron chi connectivity index (χ0n) is 16.8. The maximum Gasteiger partial charge on any atom is 0.233 e. The lowest BCUT2D eigenvalue weighted by atomic mass is 10.2. The fourth-order valence-electron chi connectivity index (χ4n) is 3.65. The Bertz CT molecular complexity index is 966. The minimum absolute atomic E-state index is 0.190. The summed E-state index contributed by atoms with van der Waals surface area (Å²) in [5.74, 6) is 0.632. The predicted octanol–water partition coefficient (Wildman–Crippen LogP) is 3.33. The van der Waals surface area contributed by atoms with Crippen LogP contribution in [0.5, 0.6) is 0 Å². The molecule has 3 aromatic rings. The largest absolute Gasteiger partial charge is 0.368 e. The molecule has 1 aliphatic rings. The second kappa shape index (κ2) is 8.69. The summed E-state index contributed by atoms with van der Waals surface area (Å²) < 4.78 is 1.95. The average molecular weight is 408 g/mol. The van der Waals surface area contributed by atoms with E-state index in [4.69, 9.17) is 0 Å². The van der Waals surface area contributed by atoms with Gasteiger partial charge in [-0.05, 0) is 38.1 Å². The van der Waals surface area contributed by atoms with Crippen molar-refractivity contribution in [1.82, 2.24) is 19.7 Å². The first-order valence-corrected chi connectivity index (χ1v) is 10.8. The molecule has 1 fully saturated rings. The predicted molar refractivity (Wildman–Crippen MR) is 117 cm³/mol. The Balaban J connectivity index is 1.35. The summed E-state index contributed by atoms with van der Waals surface area (Å²) in [6.45, 7) is 7.28. The molecule has 6 nitrogen and oxygen atoms in total. The van der Waals surface area contributed by atoms with Gasteiger partial charge in [0, 0.05) is 44.3 Å². The summed E-state index contributed by atoms with van der Waals surface area (Å²) in [5.41, 5.74) is 4.25. The van der Waals surface area contributed by atoms with Gasteiger partial charge in [-0.1, -0.05) is 18.2 Å². The average Bonchev–Trinajstić information content (AvgIpc) is 3.07. The molecule has 1 amide bonds. The number of thioether (sulfide) groups is 1. The molecule has 7 heteroatoms. The molecule has 1 saturated heterocycles. The number of anilines is 1. The Labute approximate surface area is 175 Å². The second-order valence-electron chi connectivity index (χ2n) is 7.11. The molecule has 3 heterocycles. The van der Waals surface area contributed by atoms with Gasteiger partial charge in [-0.15, -0.1) is 11.8 Å². The molecule has 0 N–H and O–H groups in total. The van der Waals surface area contributed by atoms with Gasteiger partial charge in [-0.25, -0.2) is 4.68 Å². The Morgan fingerprint density at radius 2 is 1.66 bits per heavy atom. The number of aromatic nitrogens is 3. The Hall–Kier alpha value is -2.80. The first kappa shape index (κ1) is 19.5. The number of hydrogen-bond acceptors (Lipinski definition) is 5. The molecule has 29 heavy (non-hydrogen) atoms. The highest BCUT2D eigenvalue weighted by Gasteiger charge is 2.22. The van der Waals surface area contributed by atoms with E-state index in [1.165, 1.54) is 5.69 Å². The summed E-state index contributed by atoms with van der Waals surface area (Å²) >= 11 is 1.59. The lowest BCUT2D eigenvalue weighted by Gasteiger charge is -2.36. The Morgan fingerprint density at radius 3 is 2.34 bits per heavy atom. The van der Waals surface area contributed by atoms with Crippen LogP contribution >= 0.6 is 11.8 Å². The highest BCUT2D eigenvalue weighted by Crippen LogP contribution is 2.28. The Morgan fingerprint density at radius 1 is 0.966 bits per heavy atom. The molecule has 4 rings (SSSR count). The van der Waals surface area contributed by atoms with Crippen LogP contribution in [-0.2, 0) is 4.79 Å². The van der Waals surface area contributed by atoms with Gasteiger partial charge >= 0.3 is 0 Å². The van der Waals surface area contributed by atoms with Gasteiger partial charge in [0.25, 0.3) is 0 Å². The molecular formula is C22H25N5OS. The zero-order valence-corrected chi connectivity index (χ0v) is 17.6. The van der Waals surface area contributed by atoms with Gasteiger partial charge in [0.2, 0.25) is 5.91 Å². The summed E-state index contributed by atoms with van der Waals surface area (Å²) in [7, 11) is 0. The maximum absolute atomic E-state index is 12.8. The van der Waals surface area contributed by atoms with Crippen LogP contribution in [0.2, 0.25) is 0 Å². The zero-order chi connectivity index (χ0) is 20.2. The number of amides is 1. The molecular weight excluding hydrogens is 382 g/mol. The number of pyridine rings is 1. The van der Waals surface area contributed by atoms with Crippen molar-refractivity contribution in [2.45, 2.75) is 18.7 Å². The standard InChI is InChI=1S/C22H25N5OS/c1-17-22(18(2)27(24-17)20-6-4-3-5-7-20)29-16-21(28)26-14-12-25(13-15-26)19-8-10-23-11-9-19/h3-11H,12-16H2,1-2H3. The van der Waals surface area contributed by atoms with Gasteiger partial charge < -0.3 is 9.80 Å². The van der Waals surface area contributed by atoms with Crippen LogP contribution in [-0.4, -0.2) is 57.5 Å². The van der Waals surface area contributed by atoms with Crippen molar-refractivity contribution >= 4 is 23.4 Å². The first-order valence-electron chi connectivity index (χ1n) is 9.80. The van der Waals surface area contributed by atoms with Crippen molar-refractivity contribution in [3.8, 4) is 5.69 Å². The summed E-state index contributed by atoms with van der Waals surface area (Å²) in [6, 6.07) is 14.1. The van der Waals surface area contributed by atoms with Crippen LogP contribution < -0.4 is 4.90 Å². The molecule has 0 bridgehead atoms. The number of benzene rings is 1. The molecule has 0 radical (unpaired) electrons. The van der Waals surface area contributed by atoms with E-state index in [-0.39, 0.29) is 5.91 Å². The highest BCUT2D eigenvalue weighted by atomic mass is 32.2. The van der Waals surface area contributed by atoms with E-state index >= 15 is 0 Å². The summed E-state index contributed by atoms with van der Waals surface area (Å²) in [5, 5.41) is 4.67. The SMILES string of the molecule is Cc1nn(-c2ccccc2)c(C)c1SCC(=O)N1CCN(c2ccncc2)CC1. The molecule has 0 aliphatic carbocycles. The lowest BCUT2D eigenvalue weighted by Crippen LogP contribution is -2.49. The van der Waals surface area contributed by atoms with E-state index in [1.807, 2.05) is 71.4 Å². The van der Waals surface area contributed by atoms with E-state index in [1.54, 1.807) is 11.8 Å². The van der Waals surface area contributed by atoms with Crippen LogP contribution in [0.3, 0.4) is 0 Å². The third kappa shape index (κ3) is 4.29. The van der Waals surface area contributed by atoms with Crippen molar-refractivity contribution < 1.29 is 4.79 Å². The first-order chi connectivity index (χ1) is 14.1. The van der Waals surface area contributed by atoms with Crippen LogP contribution in [0.15, 0.2) is 59.8 Å². The van der Waals surface area contributed by atoms with Crippen LogP contribution in [0.1, 0.15) is 11.4 Å². The third-order valence-electron chi connectivity index (χ3n) is 5.23. The number of para-hydroxylation sites is 1. The van der Waals surface area contributed by atoms with Crippen LogP contribution in [0.25, 0.3) is 5.69 Å². The Kier molecular flexibility index (Phi) is 5.85. The second-order valence-corrected chi connectivity index (χ2v) is 8.09. The molecule has 0 unspecified atom stereocenters. The van der Waals surface area contributed by atoms with Gasteiger partial charge in [-0.3, -0.25) is 9.78 Å². The monoisotopic (exact) mass is 407 g/mol. The van der Waals surface area contributed by atoms with Gasteiger partial charge in [0.1, 0.15) is 0 Å². The quantitative estimate of drug-likeness (QED) is 0.608. The van der Waals surface area contributed by atoms with Gasteiger partial charge in [-0.2, -0.15) is 5.10 Å². The number of piperazine rings is 1. The van der Waals surface area contributed by atoms with Crippen molar-refractivity contribution in [3.63, 3.8) is 0 Å². The topological polar surface area (TPSA) is 54.3 Å². The lowest BCUT2D eigenvalue weighted by molar-refractivity contribution is -0.128. The number of carbonyl (C=O) groups is 1. The minimum Gasteiger partial charge on any atom is -0.368 e. The molecule has 0 spiro atoms. The normalized spacial score (nSPS) is 14.3. The fraction of sp³-hybridized carbons (Fsp3) is 0.318. The maximum atomic E-state index is 12.8. The van der Waals surface area contributed by atoms with E-state index < -0.39 is 0 Å². The van der Waals surface area contributed by atoms with Gasteiger partial charge in [0.05, 0.1) is 27.7 Å². The summed E-state index contributed by atoms with van der Waals surface area (Å²) in [6.07, 6.45) is 3.62. The van der Waals surface area contributed by atoms with E-state index in [2.05, 4.69) is 21.9 Å². The van der Waals surface area contributed by atoms with E-state index in [9.17, 15) is 4.79 Å². The van der Waals surface area contributed by atoms with Crippen molar-refractivity contribution in [3.05, 3.63) is 66.2 Å². The molecule has 0 saturated carbocycles. The molecule has 150 valence electrons. The molecule has 2 aromatic heterocycles. The van der Waals surface area contributed by atoms with E-state index in [0.29, 0.717) is 5.75 Å². The number of rotatable bonds is 5. The van der Waals surface area contributed by atoms with Crippen LogP contribution in [0, 0.1) is 13.8 Å². The van der Waals surface area contributed by atoms with Crippen LogP contribution in [0.4, 0.5) is 5.69 Å². The van der Waals surface area contributed by atoms with Gasteiger partial charge in [0.15, 0.2) is 0 Å². The molecule has 1 aliphatic heterocycles. The highest BCUT2D eigenvalue weighted by molar-refractivity contribution is 8.00.